The second-order valence-electron chi connectivity index (χ2n) is 4.45. The minimum Gasteiger partial charge on any atom is -0.207 e. The normalized spacial score (nSPS) is 12.4. The molecule has 2 aromatic carbocycles. The van der Waals surface area contributed by atoms with Crippen LogP contribution >= 0.6 is 12.2 Å². The Labute approximate surface area is 129 Å². The highest BCUT2D eigenvalue weighted by molar-refractivity contribution is 7.89. The van der Waals surface area contributed by atoms with Gasteiger partial charge in [0.1, 0.15) is 0 Å². The molecule has 0 radical (unpaired) electrons. The first-order valence-corrected chi connectivity index (χ1v) is 8.17. The molecule has 0 fully saturated rings. The Bertz CT molecular complexity index is 750. The summed E-state index contributed by atoms with van der Waals surface area (Å²) in [6.07, 6.45) is 0. The minimum absolute atomic E-state index is 0.189. The lowest BCUT2D eigenvalue weighted by Crippen LogP contribution is -2.26. The lowest BCUT2D eigenvalue weighted by molar-refractivity contribution is 0.567. The molecule has 108 valence electrons. The van der Waals surface area contributed by atoms with E-state index in [0.717, 1.165) is 5.56 Å². The number of thiocarbonyl (C=S) groups is 1. The van der Waals surface area contributed by atoms with Crippen LogP contribution in [0.3, 0.4) is 0 Å². The second kappa shape index (κ2) is 6.74. The molecule has 0 saturated heterocycles. The van der Waals surface area contributed by atoms with Crippen LogP contribution in [0, 0.1) is 0 Å². The third-order valence-electron chi connectivity index (χ3n) is 2.95. The van der Waals surface area contributed by atoms with Crippen LogP contribution in [0.4, 0.5) is 5.69 Å². The molecule has 2 rings (SSSR count). The molecule has 0 aliphatic heterocycles. The van der Waals surface area contributed by atoms with Gasteiger partial charge in [-0.3, -0.25) is 0 Å². The lowest BCUT2D eigenvalue weighted by Gasteiger charge is -2.14. The molecule has 0 aliphatic carbocycles. The molecule has 2 aromatic rings. The molecule has 0 unspecified atom stereocenters. The zero-order chi connectivity index (χ0) is 15.3. The molecule has 0 aliphatic rings. The van der Waals surface area contributed by atoms with Crippen LogP contribution in [0.1, 0.15) is 18.5 Å². The van der Waals surface area contributed by atoms with Crippen LogP contribution in [0.2, 0.25) is 0 Å². The van der Waals surface area contributed by atoms with E-state index in [-0.39, 0.29) is 10.9 Å². The van der Waals surface area contributed by atoms with E-state index in [1.54, 1.807) is 19.1 Å². The van der Waals surface area contributed by atoms with Crippen molar-refractivity contribution in [2.75, 3.05) is 0 Å². The van der Waals surface area contributed by atoms with Crippen molar-refractivity contribution in [1.29, 1.82) is 0 Å². The van der Waals surface area contributed by atoms with Crippen molar-refractivity contribution in [3.63, 3.8) is 0 Å². The van der Waals surface area contributed by atoms with Crippen molar-refractivity contribution < 1.29 is 8.42 Å². The standard InChI is InChI=1S/C15H14N2O2S2/c1-12(13-5-3-2-4-6-13)17-21(18,19)15-9-7-14(8-10-15)16-11-20/h2-10,12,17H,1H3/t12-/m1/s1. The van der Waals surface area contributed by atoms with E-state index < -0.39 is 10.0 Å². The number of nitrogens with one attached hydrogen (secondary N) is 1. The van der Waals surface area contributed by atoms with Crippen LogP contribution in [0.25, 0.3) is 0 Å². The molecule has 1 atom stereocenters. The molecule has 0 amide bonds. The average Bonchev–Trinajstić information content (AvgIpc) is 2.48. The summed E-state index contributed by atoms with van der Waals surface area (Å²) in [5.74, 6) is 0. The summed E-state index contributed by atoms with van der Waals surface area (Å²) in [7, 11) is -3.58. The Morgan fingerprint density at radius 3 is 2.29 bits per heavy atom. The molecular formula is C15H14N2O2S2. The van der Waals surface area contributed by atoms with Crippen molar-refractivity contribution in [2.24, 2.45) is 4.99 Å². The van der Waals surface area contributed by atoms with Crippen molar-refractivity contribution in [1.82, 2.24) is 4.72 Å². The molecule has 0 saturated carbocycles. The second-order valence-corrected chi connectivity index (χ2v) is 6.35. The van der Waals surface area contributed by atoms with Gasteiger partial charge in [-0.05, 0) is 49.0 Å². The first kappa shape index (κ1) is 15.5. The van der Waals surface area contributed by atoms with Gasteiger partial charge in [-0.2, -0.15) is 4.99 Å². The zero-order valence-corrected chi connectivity index (χ0v) is 13.0. The number of sulfonamides is 1. The van der Waals surface area contributed by atoms with Gasteiger partial charge in [0.25, 0.3) is 0 Å². The van der Waals surface area contributed by atoms with E-state index >= 15 is 0 Å². The highest BCUT2D eigenvalue weighted by Gasteiger charge is 2.18. The lowest BCUT2D eigenvalue weighted by atomic mass is 10.1. The molecule has 0 bridgehead atoms. The summed E-state index contributed by atoms with van der Waals surface area (Å²) in [6, 6.07) is 15.2. The molecule has 6 heteroatoms. The number of benzene rings is 2. The van der Waals surface area contributed by atoms with E-state index in [2.05, 4.69) is 27.1 Å². The van der Waals surface area contributed by atoms with Crippen LogP contribution in [0.5, 0.6) is 0 Å². The third kappa shape index (κ3) is 4.06. The molecular weight excluding hydrogens is 304 g/mol. The number of aliphatic imine (C=N–C) groups is 1. The first-order chi connectivity index (χ1) is 10.0. The number of isothiocyanates is 1. The third-order valence-corrected chi connectivity index (χ3v) is 4.60. The molecule has 21 heavy (non-hydrogen) atoms. The van der Waals surface area contributed by atoms with Gasteiger partial charge in [0.15, 0.2) is 0 Å². The molecule has 0 spiro atoms. The average molecular weight is 318 g/mol. The Morgan fingerprint density at radius 1 is 1.10 bits per heavy atom. The van der Waals surface area contributed by atoms with Crippen molar-refractivity contribution in [3.8, 4) is 0 Å². The number of nitrogens with zero attached hydrogens (tertiary/aromatic N) is 1. The predicted molar refractivity (Wildman–Crippen MR) is 86.3 cm³/mol. The van der Waals surface area contributed by atoms with E-state index in [0.29, 0.717) is 5.69 Å². The van der Waals surface area contributed by atoms with Gasteiger partial charge in [0.2, 0.25) is 10.0 Å². The van der Waals surface area contributed by atoms with Gasteiger partial charge in [-0.25, -0.2) is 13.1 Å². The maximum absolute atomic E-state index is 12.3. The highest BCUT2D eigenvalue weighted by atomic mass is 32.2. The summed E-state index contributed by atoms with van der Waals surface area (Å²) in [4.78, 5) is 3.98. The molecule has 1 N–H and O–H groups in total. The maximum atomic E-state index is 12.3. The number of hydrogen-bond donors (Lipinski definition) is 1. The Kier molecular flexibility index (Phi) is 4.98. The van der Waals surface area contributed by atoms with Crippen LogP contribution in [0.15, 0.2) is 64.5 Å². The molecule has 4 nitrogen and oxygen atoms in total. The summed E-state index contributed by atoms with van der Waals surface area (Å²) in [6.45, 7) is 1.80. The van der Waals surface area contributed by atoms with Gasteiger partial charge < -0.3 is 0 Å². The topological polar surface area (TPSA) is 58.5 Å². The zero-order valence-electron chi connectivity index (χ0n) is 11.4. The Balaban J connectivity index is 2.20. The van der Waals surface area contributed by atoms with Crippen LogP contribution in [-0.2, 0) is 10.0 Å². The smallest absolute Gasteiger partial charge is 0.207 e. The number of rotatable bonds is 5. The summed E-state index contributed by atoms with van der Waals surface area (Å²) < 4.78 is 27.3. The van der Waals surface area contributed by atoms with Gasteiger partial charge in [0, 0.05) is 6.04 Å². The minimum atomic E-state index is -3.58. The SMILES string of the molecule is C[C@@H](NS(=O)(=O)c1ccc(N=C=S)cc1)c1ccccc1. The Morgan fingerprint density at radius 2 is 1.71 bits per heavy atom. The van der Waals surface area contributed by atoms with Crippen molar-refractivity contribution >= 4 is 33.1 Å². The fraction of sp³-hybridized carbons (Fsp3) is 0.133. The van der Waals surface area contributed by atoms with Crippen molar-refractivity contribution in [2.45, 2.75) is 17.9 Å². The van der Waals surface area contributed by atoms with Crippen LogP contribution in [-0.4, -0.2) is 13.6 Å². The Hall–Kier alpha value is -1.85. The fourth-order valence-corrected chi connectivity index (χ4v) is 3.20. The van der Waals surface area contributed by atoms with Gasteiger partial charge in [0.05, 0.1) is 15.7 Å². The fourth-order valence-electron chi connectivity index (χ4n) is 1.86. The van der Waals surface area contributed by atoms with Gasteiger partial charge >= 0.3 is 0 Å². The van der Waals surface area contributed by atoms with Gasteiger partial charge in [-0.15, -0.1) is 0 Å². The summed E-state index contributed by atoms with van der Waals surface area (Å²) >= 11 is 4.50. The molecule has 0 heterocycles. The molecule has 0 aromatic heterocycles. The first-order valence-electron chi connectivity index (χ1n) is 6.28. The number of hydrogen-bond acceptors (Lipinski definition) is 4. The maximum Gasteiger partial charge on any atom is 0.241 e. The van der Waals surface area contributed by atoms with E-state index in [9.17, 15) is 8.42 Å². The van der Waals surface area contributed by atoms with E-state index in [1.807, 2.05) is 30.3 Å². The largest absolute Gasteiger partial charge is 0.241 e. The van der Waals surface area contributed by atoms with Gasteiger partial charge in [-0.1, -0.05) is 30.3 Å². The quantitative estimate of drug-likeness (QED) is 0.678. The summed E-state index contributed by atoms with van der Waals surface area (Å²) in [5, 5.41) is 2.24. The summed E-state index contributed by atoms with van der Waals surface area (Å²) in [5.41, 5.74) is 1.48. The van der Waals surface area contributed by atoms with E-state index in [4.69, 9.17) is 0 Å². The highest BCUT2D eigenvalue weighted by Crippen LogP contribution is 2.19. The predicted octanol–water partition coefficient (Wildman–Crippen LogP) is 3.46. The monoisotopic (exact) mass is 318 g/mol. The van der Waals surface area contributed by atoms with E-state index in [1.165, 1.54) is 12.1 Å². The van der Waals surface area contributed by atoms with Crippen LogP contribution < -0.4 is 4.72 Å². The van der Waals surface area contributed by atoms with Crippen molar-refractivity contribution in [3.05, 3.63) is 60.2 Å².